The van der Waals surface area contributed by atoms with Crippen molar-refractivity contribution in [1.82, 2.24) is 14.6 Å². The van der Waals surface area contributed by atoms with Gasteiger partial charge in [0.1, 0.15) is 17.9 Å². The van der Waals surface area contributed by atoms with Gasteiger partial charge < -0.3 is 5.73 Å². The normalized spacial score (nSPS) is 10.3. The van der Waals surface area contributed by atoms with E-state index < -0.39 is 0 Å². The molecule has 0 unspecified atom stereocenters. The topological polar surface area (TPSA) is 80.1 Å². The predicted octanol–water partition coefficient (Wildman–Crippen LogP) is 0.0134. The largest absolute Gasteiger partial charge is 0.382 e. The highest BCUT2D eigenvalue weighted by molar-refractivity contribution is 5.94. The highest BCUT2D eigenvalue weighted by Crippen LogP contribution is 2.04. The van der Waals surface area contributed by atoms with E-state index in [1.165, 1.54) is 6.33 Å². The van der Waals surface area contributed by atoms with E-state index >= 15 is 0 Å². The Hall–Kier alpha value is -1.91. The molecule has 0 bridgehead atoms. The third-order valence-corrected chi connectivity index (χ3v) is 1.60. The zero-order valence-corrected chi connectivity index (χ0v) is 6.23. The number of hydrogen-bond acceptors (Lipinski definition) is 3. The van der Waals surface area contributed by atoms with Crippen LogP contribution in [0.3, 0.4) is 0 Å². The first-order chi connectivity index (χ1) is 5.79. The van der Waals surface area contributed by atoms with Crippen LogP contribution in [0.1, 0.15) is 5.69 Å². The van der Waals surface area contributed by atoms with Crippen LogP contribution in [0.4, 0.5) is 0 Å². The Labute approximate surface area is 68.3 Å². The van der Waals surface area contributed by atoms with Crippen molar-refractivity contribution in [3.8, 4) is 0 Å². The second kappa shape index (κ2) is 2.30. The highest BCUT2D eigenvalue weighted by Gasteiger charge is 2.03. The molecule has 0 aliphatic rings. The Morgan fingerprint density at radius 3 is 3.08 bits per heavy atom. The third kappa shape index (κ3) is 0.833. The Kier molecular flexibility index (Phi) is 1.30. The molecule has 2 aromatic heterocycles. The fraction of sp³-hybridized carbons (Fsp3) is 0. The standard InChI is InChI=1S/C7H7N5/c8-7(9)6-2-1-5-3-10-4-11-12(5)6/h1-4H,(H3,8,9). The second-order valence-corrected chi connectivity index (χ2v) is 2.38. The molecule has 0 spiro atoms. The zero-order chi connectivity index (χ0) is 8.55. The molecule has 2 aromatic rings. The number of nitrogens with zero attached hydrogens (tertiary/aromatic N) is 3. The zero-order valence-electron chi connectivity index (χ0n) is 6.23. The van der Waals surface area contributed by atoms with Gasteiger partial charge in [0.2, 0.25) is 0 Å². The molecule has 5 nitrogen and oxygen atoms in total. The Morgan fingerprint density at radius 1 is 1.50 bits per heavy atom. The molecule has 2 heterocycles. The van der Waals surface area contributed by atoms with Crippen LogP contribution < -0.4 is 5.73 Å². The van der Waals surface area contributed by atoms with Crippen LogP contribution in [-0.4, -0.2) is 20.4 Å². The molecule has 0 saturated heterocycles. The molecule has 0 aliphatic heterocycles. The number of rotatable bonds is 1. The fourth-order valence-corrected chi connectivity index (χ4v) is 1.07. The molecule has 0 aliphatic carbocycles. The van der Waals surface area contributed by atoms with Gasteiger partial charge in [-0.1, -0.05) is 0 Å². The van der Waals surface area contributed by atoms with Crippen molar-refractivity contribution in [2.24, 2.45) is 5.73 Å². The van der Waals surface area contributed by atoms with Crippen molar-refractivity contribution in [3.05, 3.63) is 30.4 Å². The molecule has 5 heteroatoms. The third-order valence-electron chi connectivity index (χ3n) is 1.60. The Morgan fingerprint density at radius 2 is 2.33 bits per heavy atom. The minimum Gasteiger partial charge on any atom is -0.382 e. The van der Waals surface area contributed by atoms with Crippen LogP contribution in [0.25, 0.3) is 5.52 Å². The first-order valence-electron chi connectivity index (χ1n) is 3.41. The van der Waals surface area contributed by atoms with Crippen molar-refractivity contribution >= 4 is 11.4 Å². The molecule has 0 saturated carbocycles. The van der Waals surface area contributed by atoms with E-state index in [-0.39, 0.29) is 5.84 Å². The number of aromatic nitrogens is 3. The molecule has 60 valence electrons. The van der Waals surface area contributed by atoms with Gasteiger partial charge in [0.25, 0.3) is 0 Å². The van der Waals surface area contributed by atoms with Crippen LogP contribution >= 0.6 is 0 Å². The number of amidine groups is 1. The Balaban J connectivity index is 2.79. The van der Waals surface area contributed by atoms with Crippen LogP contribution in [0, 0.1) is 5.41 Å². The van der Waals surface area contributed by atoms with Gasteiger partial charge in [-0.15, -0.1) is 0 Å². The molecule has 0 amide bonds. The summed E-state index contributed by atoms with van der Waals surface area (Å²) in [5, 5.41) is 11.2. The summed E-state index contributed by atoms with van der Waals surface area (Å²) in [6.45, 7) is 0. The van der Waals surface area contributed by atoms with Crippen LogP contribution in [0.15, 0.2) is 24.7 Å². The van der Waals surface area contributed by atoms with E-state index in [4.69, 9.17) is 11.1 Å². The summed E-state index contributed by atoms with van der Waals surface area (Å²) in [5.74, 6) is 0.00806. The maximum atomic E-state index is 7.23. The molecule has 0 fully saturated rings. The first-order valence-corrected chi connectivity index (χ1v) is 3.41. The van der Waals surface area contributed by atoms with Crippen molar-refractivity contribution in [1.29, 1.82) is 5.41 Å². The van der Waals surface area contributed by atoms with Gasteiger partial charge in [0.05, 0.1) is 11.7 Å². The average Bonchev–Trinajstić information content (AvgIpc) is 2.47. The summed E-state index contributed by atoms with van der Waals surface area (Å²) in [6, 6.07) is 3.56. The van der Waals surface area contributed by atoms with Gasteiger partial charge in [0, 0.05) is 0 Å². The van der Waals surface area contributed by atoms with Gasteiger partial charge in [-0.2, -0.15) is 5.10 Å². The number of hydrogen-bond donors (Lipinski definition) is 2. The van der Waals surface area contributed by atoms with E-state index in [1.807, 2.05) is 6.07 Å². The van der Waals surface area contributed by atoms with E-state index in [0.717, 1.165) is 5.52 Å². The highest BCUT2D eigenvalue weighted by atomic mass is 15.2. The number of nitrogens with one attached hydrogen (secondary N) is 1. The second-order valence-electron chi connectivity index (χ2n) is 2.38. The number of fused-ring (bicyclic) bond motifs is 1. The molecule has 0 radical (unpaired) electrons. The lowest BCUT2D eigenvalue weighted by Crippen LogP contribution is -2.14. The van der Waals surface area contributed by atoms with E-state index in [0.29, 0.717) is 5.69 Å². The van der Waals surface area contributed by atoms with Gasteiger partial charge in [0.15, 0.2) is 0 Å². The Bertz CT molecular complexity index is 430. The van der Waals surface area contributed by atoms with E-state index in [2.05, 4.69) is 10.1 Å². The average molecular weight is 161 g/mol. The quantitative estimate of drug-likeness (QED) is 0.456. The lowest BCUT2D eigenvalue weighted by molar-refractivity contribution is 0.892. The van der Waals surface area contributed by atoms with E-state index in [9.17, 15) is 0 Å². The summed E-state index contributed by atoms with van der Waals surface area (Å²) >= 11 is 0. The summed E-state index contributed by atoms with van der Waals surface area (Å²) in [6.07, 6.45) is 3.08. The molecule has 3 N–H and O–H groups in total. The van der Waals surface area contributed by atoms with Gasteiger partial charge >= 0.3 is 0 Å². The van der Waals surface area contributed by atoms with Crippen LogP contribution in [-0.2, 0) is 0 Å². The lowest BCUT2D eigenvalue weighted by atomic mass is 10.4. The molecular weight excluding hydrogens is 154 g/mol. The SMILES string of the molecule is N=C(N)c1ccc2cncnn12. The molecular formula is C7H7N5. The number of nitrogens with two attached hydrogens (primary N) is 1. The summed E-state index contributed by atoms with van der Waals surface area (Å²) in [4.78, 5) is 3.84. The van der Waals surface area contributed by atoms with E-state index in [1.54, 1.807) is 16.8 Å². The van der Waals surface area contributed by atoms with Crippen molar-refractivity contribution < 1.29 is 0 Å². The van der Waals surface area contributed by atoms with Crippen molar-refractivity contribution in [2.45, 2.75) is 0 Å². The van der Waals surface area contributed by atoms with Crippen molar-refractivity contribution in [3.63, 3.8) is 0 Å². The monoisotopic (exact) mass is 161 g/mol. The van der Waals surface area contributed by atoms with Crippen molar-refractivity contribution in [2.75, 3.05) is 0 Å². The van der Waals surface area contributed by atoms with Gasteiger partial charge in [-0.25, -0.2) is 9.50 Å². The lowest BCUT2D eigenvalue weighted by Gasteiger charge is -1.96. The summed E-state index contributed by atoms with van der Waals surface area (Å²) in [5.41, 5.74) is 6.75. The maximum absolute atomic E-state index is 7.23. The molecule has 0 atom stereocenters. The first kappa shape index (κ1) is 6.78. The molecule has 0 aromatic carbocycles. The van der Waals surface area contributed by atoms with Crippen LogP contribution in [0.2, 0.25) is 0 Å². The van der Waals surface area contributed by atoms with Crippen LogP contribution in [0.5, 0.6) is 0 Å². The summed E-state index contributed by atoms with van der Waals surface area (Å²) < 4.78 is 1.58. The maximum Gasteiger partial charge on any atom is 0.141 e. The fourth-order valence-electron chi connectivity index (χ4n) is 1.07. The van der Waals surface area contributed by atoms with Gasteiger partial charge in [-0.05, 0) is 12.1 Å². The predicted molar refractivity (Wildman–Crippen MR) is 44.0 cm³/mol. The molecule has 2 rings (SSSR count). The minimum absolute atomic E-state index is 0.00806. The smallest absolute Gasteiger partial charge is 0.141 e. The van der Waals surface area contributed by atoms with Gasteiger partial charge in [-0.3, -0.25) is 5.41 Å². The minimum atomic E-state index is 0.00806. The number of nitrogen functional groups attached to an aromatic ring is 1. The molecule has 12 heavy (non-hydrogen) atoms. The summed E-state index contributed by atoms with van der Waals surface area (Å²) in [7, 11) is 0.